The Labute approximate surface area is 138 Å². The molecule has 7 heteroatoms. The van der Waals surface area contributed by atoms with Crippen LogP contribution in [0.25, 0.3) is 22.4 Å². The first-order valence-corrected chi connectivity index (χ1v) is 8.80. The number of hydrogen-bond acceptors (Lipinski definition) is 4. The first-order chi connectivity index (χ1) is 11.0. The smallest absolute Gasteiger partial charge is 0.238 e. The van der Waals surface area contributed by atoms with E-state index >= 15 is 0 Å². The second-order valence-electron chi connectivity index (χ2n) is 4.95. The summed E-state index contributed by atoms with van der Waals surface area (Å²) < 4.78 is 29.0. The molecule has 5 nitrogen and oxygen atoms in total. The molecule has 2 N–H and O–H groups in total. The Morgan fingerprint density at radius 2 is 1.83 bits per heavy atom. The van der Waals surface area contributed by atoms with E-state index in [1.54, 1.807) is 12.1 Å². The highest BCUT2D eigenvalue weighted by atomic mass is 35.5. The molecule has 1 aromatic heterocycles. The van der Waals surface area contributed by atoms with E-state index in [0.29, 0.717) is 22.4 Å². The number of sulfonamides is 1. The summed E-state index contributed by atoms with van der Waals surface area (Å²) >= 11 is 5.79. The highest BCUT2D eigenvalue weighted by molar-refractivity contribution is 7.89. The van der Waals surface area contributed by atoms with Crippen molar-refractivity contribution in [2.75, 3.05) is 0 Å². The minimum Gasteiger partial charge on any atom is -0.363 e. The molecule has 0 bridgehead atoms. The zero-order valence-electron chi connectivity index (χ0n) is 11.9. The van der Waals surface area contributed by atoms with Gasteiger partial charge in [-0.2, -0.15) is 0 Å². The summed E-state index contributed by atoms with van der Waals surface area (Å²) in [6, 6.07) is 14.2. The molecule has 0 radical (unpaired) electrons. The van der Waals surface area contributed by atoms with E-state index in [0.717, 1.165) is 5.56 Å². The van der Waals surface area contributed by atoms with Crippen LogP contribution in [0.1, 0.15) is 5.56 Å². The molecule has 0 saturated carbocycles. The average Bonchev–Trinajstić information content (AvgIpc) is 3.03. The summed E-state index contributed by atoms with van der Waals surface area (Å²) in [6.45, 7) is 0. The maximum atomic E-state index is 11.9. The van der Waals surface area contributed by atoms with Gasteiger partial charge < -0.3 is 4.52 Å². The molecule has 118 valence electrons. The molecule has 0 aliphatic rings. The van der Waals surface area contributed by atoms with Crippen LogP contribution in [-0.2, 0) is 15.9 Å². The van der Waals surface area contributed by atoms with Gasteiger partial charge in [0, 0.05) is 17.0 Å². The number of alkyl halides is 1. The second kappa shape index (κ2) is 6.16. The summed E-state index contributed by atoms with van der Waals surface area (Å²) in [5, 5.41) is 9.35. The Morgan fingerprint density at radius 1 is 1.09 bits per heavy atom. The van der Waals surface area contributed by atoms with Crippen LogP contribution >= 0.6 is 11.6 Å². The molecule has 3 aromatic rings. The van der Waals surface area contributed by atoms with Gasteiger partial charge in [-0.15, -0.1) is 11.6 Å². The van der Waals surface area contributed by atoms with E-state index in [-0.39, 0.29) is 10.8 Å². The molecule has 0 fully saturated rings. The Balaban J connectivity index is 2.23. The van der Waals surface area contributed by atoms with Gasteiger partial charge in [0.25, 0.3) is 0 Å². The largest absolute Gasteiger partial charge is 0.363 e. The summed E-state index contributed by atoms with van der Waals surface area (Å²) in [4.78, 5) is -0.00367. The first kappa shape index (κ1) is 15.7. The molecule has 0 amide bonds. The first-order valence-electron chi connectivity index (χ1n) is 6.72. The summed E-state index contributed by atoms with van der Waals surface area (Å²) in [7, 11) is -3.92. The fourth-order valence-electron chi connectivity index (χ4n) is 2.34. The van der Waals surface area contributed by atoms with Gasteiger partial charge in [-0.1, -0.05) is 47.6 Å². The molecular formula is C16H13ClN2O3S. The number of primary sulfonamides is 1. The van der Waals surface area contributed by atoms with E-state index in [9.17, 15) is 8.42 Å². The lowest BCUT2D eigenvalue weighted by Gasteiger charge is -2.09. The predicted molar refractivity (Wildman–Crippen MR) is 88.3 cm³/mol. The maximum absolute atomic E-state index is 11.9. The van der Waals surface area contributed by atoms with Crippen LogP contribution in [0.2, 0.25) is 0 Å². The lowest BCUT2D eigenvalue weighted by atomic mass is 10.0. The average molecular weight is 349 g/mol. The van der Waals surface area contributed by atoms with Gasteiger partial charge in [0.15, 0.2) is 0 Å². The van der Waals surface area contributed by atoms with Crippen LogP contribution in [0, 0.1) is 0 Å². The van der Waals surface area contributed by atoms with Gasteiger partial charge in [0.1, 0.15) is 12.0 Å². The maximum Gasteiger partial charge on any atom is 0.238 e. The van der Waals surface area contributed by atoms with E-state index in [4.69, 9.17) is 21.3 Å². The number of rotatable bonds is 4. The zero-order valence-corrected chi connectivity index (χ0v) is 13.5. The molecule has 1 heterocycles. The van der Waals surface area contributed by atoms with Crippen LogP contribution in [0.4, 0.5) is 0 Å². The molecule has 0 aliphatic heterocycles. The van der Waals surface area contributed by atoms with Gasteiger partial charge in [0.05, 0.1) is 10.5 Å². The van der Waals surface area contributed by atoms with Crippen molar-refractivity contribution in [3.63, 3.8) is 0 Å². The number of nitrogens with two attached hydrogens (primary N) is 1. The minimum atomic E-state index is -3.92. The molecule has 0 saturated heterocycles. The Morgan fingerprint density at radius 3 is 2.48 bits per heavy atom. The van der Waals surface area contributed by atoms with Crippen molar-refractivity contribution in [2.45, 2.75) is 10.8 Å². The molecule has 0 unspecified atom stereocenters. The minimum absolute atomic E-state index is 0.00367. The zero-order chi connectivity index (χ0) is 16.4. The highest BCUT2D eigenvalue weighted by Gasteiger charge is 2.21. The van der Waals surface area contributed by atoms with Gasteiger partial charge in [-0.25, -0.2) is 13.6 Å². The highest BCUT2D eigenvalue weighted by Crippen LogP contribution is 2.35. The molecule has 0 aliphatic carbocycles. The third kappa shape index (κ3) is 3.14. The summed E-state index contributed by atoms with van der Waals surface area (Å²) in [5.41, 5.74) is 3.02. The van der Waals surface area contributed by atoms with Gasteiger partial charge in [-0.05, 0) is 11.6 Å². The lowest BCUT2D eigenvalue weighted by Crippen LogP contribution is -2.13. The van der Waals surface area contributed by atoms with Crippen LogP contribution in [0.15, 0.2) is 64.2 Å². The van der Waals surface area contributed by atoms with Crippen molar-refractivity contribution < 1.29 is 12.9 Å². The van der Waals surface area contributed by atoms with Gasteiger partial charge >= 0.3 is 0 Å². The SMILES string of the molecule is NS(=O)(=O)c1cc(CCl)ccc1-c1conc1-c1ccccc1. The predicted octanol–water partition coefficient (Wildman–Crippen LogP) is 3.39. The molecule has 2 aromatic carbocycles. The Bertz CT molecular complexity index is 937. The van der Waals surface area contributed by atoms with Crippen molar-refractivity contribution in [3.8, 4) is 22.4 Å². The van der Waals surface area contributed by atoms with Gasteiger partial charge in [-0.3, -0.25) is 0 Å². The van der Waals surface area contributed by atoms with Crippen molar-refractivity contribution in [1.29, 1.82) is 0 Å². The van der Waals surface area contributed by atoms with Crippen molar-refractivity contribution in [3.05, 3.63) is 60.4 Å². The van der Waals surface area contributed by atoms with Crippen LogP contribution < -0.4 is 5.14 Å². The third-order valence-electron chi connectivity index (χ3n) is 3.41. The Hall–Kier alpha value is -2.15. The number of benzene rings is 2. The van der Waals surface area contributed by atoms with E-state index in [2.05, 4.69) is 5.16 Å². The van der Waals surface area contributed by atoms with E-state index in [1.165, 1.54) is 12.3 Å². The normalized spacial score (nSPS) is 11.6. The summed E-state index contributed by atoms with van der Waals surface area (Å²) in [6.07, 6.45) is 1.41. The quantitative estimate of drug-likeness (QED) is 0.732. The number of nitrogens with zero attached hydrogens (tertiary/aromatic N) is 1. The second-order valence-corrected chi connectivity index (χ2v) is 6.75. The van der Waals surface area contributed by atoms with Crippen molar-refractivity contribution in [2.24, 2.45) is 5.14 Å². The molecule has 0 spiro atoms. The van der Waals surface area contributed by atoms with Gasteiger partial charge in [0.2, 0.25) is 10.0 Å². The van der Waals surface area contributed by atoms with E-state index in [1.807, 2.05) is 30.3 Å². The number of aromatic nitrogens is 1. The van der Waals surface area contributed by atoms with Crippen LogP contribution in [-0.4, -0.2) is 13.6 Å². The lowest BCUT2D eigenvalue weighted by molar-refractivity contribution is 0.422. The summed E-state index contributed by atoms with van der Waals surface area (Å²) in [5.74, 6) is 0.192. The van der Waals surface area contributed by atoms with Crippen molar-refractivity contribution >= 4 is 21.6 Å². The number of halogens is 1. The van der Waals surface area contributed by atoms with Crippen LogP contribution in [0.3, 0.4) is 0 Å². The molecule has 23 heavy (non-hydrogen) atoms. The monoisotopic (exact) mass is 348 g/mol. The van der Waals surface area contributed by atoms with Crippen molar-refractivity contribution in [1.82, 2.24) is 5.16 Å². The Kier molecular flexibility index (Phi) is 4.21. The third-order valence-corrected chi connectivity index (χ3v) is 4.67. The number of hydrogen-bond donors (Lipinski definition) is 1. The van der Waals surface area contributed by atoms with E-state index < -0.39 is 10.0 Å². The fourth-order valence-corrected chi connectivity index (χ4v) is 3.31. The molecule has 3 rings (SSSR count). The molecular weight excluding hydrogens is 336 g/mol. The fraction of sp³-hybridized carbons (Fsp3) is 0.0625. The molecule has 0 atom stereocenters. The topological polar surface area (TPSA) is 86.2 Å². The van der Waals surface area contributed by atoms with Crippen LogP contribution in [0.5, 0.6) is 0 Å². The standard InChI is InChI=1S/C16H13ClN2O3S/c17-9-11-6-7-13(15(8-11)23(18,20)21)14-10-22-19-16(14)12-4-2-1-3-5-12/h1-8,10H,9H2,(H2,18,20,21).